The van der Waals surface area contributed by atoms with Gasteiger partial charge in [-0.25, -0.2) is 4.79 Å². The van der Waals surface area contributed by atoms with E-state index in [1.165, 1.54) is 51.2 Å². The van der Waals surface area contributed by atoms with Crippen LogP contribution in [0.4, 0.5) is 18.9 Å². The third-order valence-electron chi connectivity index (χ3n) is 24.0. The second-order valence-corrected chi connectivity index (χ2v) is 37.3. The smallest absolute Gasteiger partial charge is 0.507 e. The monoisotopic (exact) mass is 2040 g/mol. The van der Waals surface area contributed by atoms with Gasteiger partial charge >= 0.3 is 12.3 Å². The van der Waals surface area contributed by atoms with Crippen molar-refractivity contribution in [3.8, 4) is 62.9 Å². The van der Waals surface area contributed by atoms with Gasteiger partial charge in [-0.3, -0.25) is 42.9 Å². The quantitative estimate of drug-likeness (QED) is 0.0251. The Kier molecular flexibility index (Phi) is 33.3. The Morgan fingerprint density at radius 1 is 0.674 bits per heavy atom. The van der Waals surface area contributed by atoms with Gasteiger partial charge in [0.15, 0.2) is 30.1 Å². The highest BCUT2D eigenvalue weighted by Crippen LogP contribution is 2.51. The lowest BCUT2D eigenvalue weighted by Crippen LogP contribution is -2.65. The van der Waals surface area contributed by atoms with Crippen LogP contribution in [0.25, 0.3) is 11.1 Å². The number of carbonyl (C=O) groups is 9. The van der Waals surface area contributed by atoms with Crippen LogP contribution in [-0.4, -0.2) is 276 Å². The summed E-state index contributed by atoms with van der Waals surface area (Å²) < 4.78 is 127. The number of carbonyl (C=O) groups excluding carboxylic acids is 8. The topological polar surface area (TPSA) is 706 Å². The molecule has 1 unspecified atom stereocenters. The number of carboxylic acid groups (broad SMARTS) is 1. The van der Waals surface area contributed by atoms with Gasteiger partial charge in [0.1, 0.15) is 126 Å². The Bertz CT molecular complexity index is 6000. The number of alkyl halides is 3. The van der Waals surface area contributed by atoms with Gasteiger partial charge in [-0.1, -0.05) is 73.4 Å². The van der Waals surface area contributed by atoms with Gasteiger partial charge in [0.25, 0.3) is 16.0 Å². The molecule has 141 heavy (non-hydrogen) atoms. The maximum atomic E-state index is 16.6. The van der Waals surface area contributed by atoms with Crippen LogP contribution in [0.3, 0.4) is 0 Å². The number of carboxylic acids is 1. The molecular formula is C90H103Cl2F3N12O33S. The number of aliphatic hydroxyl groups is 8. The number of hydrogen-bond donors (Lipinski definition) is 25. The minimum Gasteiger partial charge on any atom is -0.507 e. The number of halogens is 5. The number of hydrogen-bond acceptors (Lipinski definition) is 35. The summed E-state index contributed by atoms with van der Waals surface area (Å²) in [6, 6.07) is 7.05. The summed E-state index contributed by atoms with van der Waals surface area (Å²) in [5, 5.41) is 167. The lowest BCUT2D eigenvalue weighted by molar-refractivity contribution is -0.350. The van der Waals surface area contributed by atoms with Crippen LogP contribution in [0.5, 0.6) is 51.7 Å². The number of aliphatic hydroxyl groups excluding tert-OH is 8. The molecule has 11 bridgehead atoms. The van der Waals surface area contributed by atoms with E-state index in [0.717, 1.165) is 84.9 Å². The number of rotatable bonds is 27. The maximum absolute atomic E-state index is 16.6. The molecule has 0 aliphatic carbocycles. The summed E-state index contributed by atoms with van der Waals surface area (Å²) in [4.78, 5) is 135. The van der Waals surface area contributed by atoms with Crippen LogP contribution in [0.2, 0.25) is 10.0 Å². The number of aliphatic carboxylic acids is 1. The van der Waals surface area contributed by atoms with E-state index in [1.807, 2.05) is 0 Å². The van der Waals surface area contributed by atoms with Gasteiger partial charge in [-0.15, -0.1) is 13.2 Å². The molecule has 51 heteroatoms. The highest BCUT2D eigenvalue weighted by molar-refractivity contribution is 7.85. The summed E-state index contributed by atoms with van der Waals surface area (Å²) in [5.41, 5.74) is 7.04. The molecule has 762 valence electrons. The van der Waals surface area contributed by atoms with Crippen molar-refractivity contribution in [3.05, 3.63) is 176 Å². The van der Waals surface area contributed by atoms with Crippen molar-refractivity contribution in [2.75, 3.05) is 37.8 Å². The first-order valence-electron chi connectivity index (χ1n) is 43.7. The highest BCUT2D eigenvalue weighted by Gasteiger charge is 2.54. The molecule has 8 aliphatic rings. The van der Waals surface area contributed by atoms with E-state index in [1.54, 1.807) is 19.9 Å². The van der Waals surface area contributed by atoms with E-state index in [0.29, 0.717) is 5.56 Å². The van der Waals surface area contributed by atoms with Crippen molar-refractivity contribution >= 4 is 92.2 Å². The fourth-order valence-corrected chi connectivity index (χ4v) is 17.7. The van der Waals surface area contributed by atoms with Crippen LogP contribution in [-0.2, 0) is 85.2 Å². The molecule has 7 aromatic carbocycles. The minimum absolute atomic E-state index is 0.0718. The zero-order chi connectivity index (χ0) is 103. The van der Waals surface area contributed by atoms with Crippen LogP contribution < -0.4 is 83.6 Å². The number of nitrogens with one attached hydrogen (secondary N) is 10. The minimum atomic E-state index is -5.05. The van der Waals surface area contributed by atoms with Gasteiger partial charge in [-0.05, 0) is 146 Å². The van der Waals surface area contributed by atoms with Gasteiger partial charge in [0.05, 0.1) is 52.6 Å². The standard InChI is InChI=1S/C90H103Cl2F3N12O33S/c1-35(2)20-50(98-5)80(121)106-66-68(112)39-13-16-54(48(91)24-39)133-56-26-42-27-57(76(56)138-88-74(118)72(116)77(59(34-108)136-88)139-87-73(117)71(115)70(114)58(135-87)33-100-31-37-8-6-10-43(21-37)101-79(120)41-9-7-11-44(22-41)140-90(93,94)95)134-55-17-14-40(25-49(55)92)75(137-61-30-89(4,97)78(119)36(3)132-61)67-85(126)105-65(86(127)128)46-28-53(110)47(32-99-18-19-141(129,130)131)69(113)62(46)45-23-38(12-15-52(45)109)63(82(123)107-67)104-83(124)64(42)103-81(122)51(29-60(96)111)102-84(66)125/h6-17,21-28,35-36,50-51,58-59,61,63-68,70-75,77-78,87-88,98-100,108-110,112-119H,18-20,29-34,97H2,1-5H3,(H2,96,111)(H,101,120)(H,102,125)(H,103,122)(H,104,124)(H,105,126)(H,106,121)(H,107,123)(H,127,128)(H,129,130,131)/t36-,50+,51+,58+,59+,61-,63+,64+,65+,66?,67-,68+,70-,71-,72+,73+,74+,75+,77+,78-,87-,88-,89-/m0/s1. The number of fused-ring (bicyclic) bond motifs is 15. The molecule has 45 nitrogen and oxygen atoms in total. The molecule has 23 atom stereocenters. The van der Waals surface area contributed by atoms with Crippen LogP contribution >= 0.6 is 23.2 Å². The Hall–Kier alpha value is -12.0. The number of anilines is 1. The summed E-state index contributed by atoms with van der Waals surface area (Å²) in [6.07, 6.45) is -36.0. The van der Waals surface area contributed by atoms with Crippen LogP contribution in [0.15, 0.2) is 121 Å². The third-order valence-corrected chi connectivity index (χ3v) is 25.3. The van der Waals surface area contributed by atoms with Gasteiger partial charge in [0, 0.05) is 66.1 Å². The van der Waals surface area contributed by atoms with Crippen molar-refractivity contribution in [1.82, 2.24) is 47.9 Å². The van der Waals surface area contributed by atoms with Crippen molar-refractivity contribution in [3.63, 3.8) is 0 Å². The summed E-state index contributed by atoms with van der Waals surface area (Å²) in [7, 11) is -3.22. The predicted octanol–water partition coefficient (Wildman–Crippen LogP) is 0.856. The highest BCUT2D eigenvalue weighted by atomic mass is 35.5. The fraction of sp³-hybridized carbons (Fsp3) is 0.433. The summed E-state index contributed by atoms with van der Waals surface area (Å²) >= 11 is 14.5. The number of ether oxygens (including phenoxy) is 9. The second kappa shape index (κ2) is 44.2. The molecule has 0 saturated carbocycles. The zero-order valence-corrected chi connectivity index (χ0v) is 77.4. The van der Waals surface area contributed by atoms with Crippen molar-refractivity contribution in [2.45, 2.75) is 206 Å². The molecule has 15 rings (SSSR count). The largest absolute Gasteiger partial charge is 0.573 e. The number of phenols is 3. The maximum Gasteiger partial charge on any atom is 0.573 e. The molecule has 8 aliphatic heterocycles. The number of nitrogens with two attached hydrogens (primary N) is 2. The number of aromatic hydroxyl groups is 3. The average Bonchev–Trinajstić information content (AvgIpc) is 0.766. The van der Waals surface area contributed by atoms with Crippen molar-refractivity contribution < 1.29 is 173 Å². The molecule has 0 spiro atoms. The lowest BCUT2D eigenvalue weighted by Gasteiger charge is -2.46. The molecule has 7 aromatic rings. The predicted molar refractivity (Wildman–Crippen MR) is 482 cm³/mol. The van der Waals surface area contributed by atoms with E-state index >= 15 is 24.0 Å². The molecule has 8 heterocycles. The molecule has 8 amide bonds. The van der Waals surface area contributed by atoms with E-state index in [2.05, 4.69) is 57.9 Å². The lowest BCUT2D eigenvalue weighted by atomic mass is 9.86. The first-order valence-corrected chi connectivity index (χ1v) is 46.1. The Morgan fingerprint density at radius 3 is 1.95 bits per heavy atom. The third kappa shape index (κ3) is 25.0. The van der Waals surface area contributed by atoms with Crippen LogP contribution in [0, 0.1) is 5.92 Å². The molecular weight excluding hydrogens is 1940 g/mol. The SMILES string of the molecule is CN[C@H](CC(C)C)C(=O)NC1C(=O)N[C@H](CC(N)=O)C(=O)N[C@H]2C(=O)N[C@H]3C(=O)N[C@H](C(=O)N[C@@H](C(=O)O)c4cc(O)c(CNCCS(=O)(=O)O)c(O)c4-c4cc3ccc4O)[C@H](O[C@H]3C[C@](C)(N)[C@@H](O)[C@H](C)O3)c3ccc(c(Cl)c3)Oc3cc2cc(c3O[C@@H]2O[C@H](CO)[C@@H](O[C@@H]3O[C@H](CNCc4cccc(NC(=O)c5cccc(OC(F)(F)F)c5)c4)[C@H](O)[C@H](O)[C@H]3O)[C@H](O)[C@H]2O)Oc2ccc(cc2Cl)[C@H]1O. The molecule has 0 aromatic heterocycles. The number of primary amides is 1. The number of phenolic OH excluding ortho intramolecular Hbond substituents is 3. The number of amides is 8. The van der Waals surface area contributed by atoms with E-state index < -0.39 is 343 Å². The first kappa shape index (κ1) is 106. The molecule has 3 saturated heterocycles. The second-order valence-electron chi connectivity index (χ2n) is 34.9. The summed E-state index contributed by atoms with van der Waals surface area (Å²) in [6.45, 7) is 3.49. The summed E-state index contributed by atoms with van der Waals surface area (Å²) in [5.74, 6) is -20.6. The van der Waals surface area contributed by atoms with Gasteiger partial charge in [-0.2, -0.15) is 8.42 Å². The van der Waals surface area contributed by atoms with Gasteiger partial charge < -0.3 is 169 Å². The van der Waals surface area contributed by atoms with Crippen molar-refractivity contribution in [2.24, 2.45) is 17.4 Å². The van der Waals surface area contributed by atoms with Crippen molar-refractivity contribution in [1.29, 1.82) is 0 Å². The molecule has 27 N–H and O–H groups in total. The average molecular weight is 2040 g/mol. The van der Waals surface area contributed by atoms with Gasteiger partial charge in [0.2, 0.25) is 53.4 Å². The first-order chi connectivity index (χ1) is 66.5. The van der Waals surface area contributed by atoms with E-state index in [4.69, 9.17) is 72.6 Å². The Labute approximate surface area is 809 Å². The number of benzene rings is 7. The van der Waals surface area contributed by atoms with E-state index in [-0.39, 0.29) is 47.8 Å². The Balaban J connectivity index is 0.945. The Morgan fingerprint density at radius 2 is 1.31 bits per heavy atom. The normalized spacial score (nSPS) is 27.9. The fourth-order valence-electron chi connectivity index (χ4n) is 16.8. The zero-order valence-electron chi connectivity index (χ0n) is 75.1. The van der Waals surface area contributed by atoms with Crippen LogP contribution in [0.1, 0.15) is 127 Å². The number of likely N-dealkylation sites (N-methyl/N-ethyl adjacent to an activating group) is 1. The van der Waals surface area contributed by atoms with E-state index in [9.17, 15) is 107 Å². The molecule has 0 radical (unpaired) electrons. The molecule has 3 fully saturated rings.